The third-order valence-electron chi connectivity index (χ3n) is 7.98. The summed E-state index contributed by atoms with van der Waals surface area (Å²) in [5, 5.41) is 11.9. The SMILES string of the molecule is CCN(CC)c1ccc2c(c1)Oc1ccc3cc(-c4cccc(O)c4)ccc3c1[C@]21OC(=O)c2ccccc21. The van der Waals surface area contributed by atoms with E-state index in [4.69, 9.17) is 9.47 Å². The largest absolute Gasteiger partial charge is 0.508 e. The van der Waals surface area contributed by atoms with Gasteiger partial charge in [-0.25, -0.2) is 4.79 Å². The Hall–Kier alpha value is -4.77. The maximum atomic E-state index is 13.3. The van der Waals surface area contributed by atoms with Crippen LogP contribution in [0.5, 0.6) is 17.2 Å². The summed E-state index contributed by atoms with van der Waals surface area (Å²) in [5.41, 5.74) is 4.86. The predicted octanol–water partition coefficient (Wildman–Crippen LogP) is 7.63. The average molecular weight is 514 g/mol. The van der Waals surface area contributed by atoms with Gasteiger partial charge in [-0.15, -0.1) is 0 Å². The maximum Gasteiger partial charge on any atom is 0.340 e. The fourth-order valence-corrected chi connectivity index (χ4v) is 6.15. The molecule has 5 aromatic rings. The van der Waals surface area contributed by atoms with Crippen LogP contribution in [0.1, 0.15) is 40.9 Å². The topological polar surface area (TPSA) is 59.0 Å². The van der Waals surface area contributed by atoms with Crippen LogP contribution in [0.25, 0.3) is 21.9 Å². The summed E-state index contributed by atoms with van der Waals surface area (Å²) in [7, 11) is 0. The lowest BCUT2D eigenvalue weighted by atomic mass is 9.75. The highest BCUT2D eigenvalue weighted by Gasteiger charge is 2.54. The van der Waals surface area contributed by atoms with Crippen molar-refractivity contribution >= 4 is 22.4 Å². The Balaban J connectivity index is 1.50. The molecule has 2 aliphatic rings. The molecule has 39 heavy (non-hydrogen) atoms. The molecule has 5 aromatic carbocycles. The van der Waals surface area contributed by atoms with Crippen LogP contribution in [-0.4, -0.2) is 24.2 Å². The van der Waals surface area contributed by atoms with Crippen LogP contribution >= 0.6 is 0 Å². The number of fused-ring (bicyclic) bond motifs is 8. The van der Waals surface area contributed by atoms with E-state index < -0.39 is 5.60 Å². The molecular weight excluding hydrogens is 486 g/mol. The van der Waals surface area contributed by atoms with Crippen LogP contribution < -0.4 is 9.64 Å². The second-order valence-electron chi connectivity index (χ2n) is 10.00. The van der Waals surface area contributed by atoms with E-state index >= 15 is 0 Å². The molecule has 7 rings (SSSR count). The summed E-state index contributed by atoms with van der Waals surface area (Å²) in [5.74, 6) is 1.24. The number of nitrogens with zero attached hydrogens (tertiary/aromatic N) is 1. The average Bonchev–Trinajstić information content (AvgIpc) is 3.25. The van der Waals surface area contributed by atoms with Crippen LogP contribution in [0.4, 0.5) is 5.69 Å². The van der Waals surface area contributed by atoms with Crippen molar-refractivity contribution in [3.05, 3.63) is 119 Å². The summed E-state index contributed by atoms with van der Waals surface area (Å²) >= 11 is 0. The van der Waals surface area contributed by atoms with Gasteiger partial charge in [0.25, 0.3) is 0 Å². The lowest BCUT2D eigenvalue weighted by Crippen LogP contribution is -2.33. The summed E-state index contributed by atoms with van der Waals surface area (Å²) in [4.78, 5) is 15.6. The first kappa shape index (κ1) is 23.4. The first-order chi connectivity index (χ1) is 19.0. The number of aromatic hydroxyl groups is 1. The molecule has 5 heteroatoms. The van der Waals surface area contributed by atoms with Crippen molar-refractivity contribution in [3.8, 4) is 28.4 Å². The first-order valence-electron chi connectivity index (χ1n) is 13.3. The molecule has 0 bridgehead atoms. The number of benzene rings is 5. The number of phenols is 1. The molecule has 1 spiro atoms. The van der Waals surface area contributed by atoms with Crippen molar-refractivity contribution in [3.63, 3.8) is 0 Å². The summed E-state index contributed by atoms with van der Waals surface area (Å²) < 4.78 is 13.0. The van der Waals surface area contributed by atoms with Gasteiger partial charge >= 0.3 is 5.97 Å². The zero-order valence-corrected chi connectivity index (χ0v) is 21.8. The van der Waals surface area contributed by atoms with Gasteiger partial charge < -0.3 is 19.5 Å². The molecule has 0 fully saturated rings. The van der Waals surface area contributed by atoms with Crippen LogP contribution in [0, 0.1) is 0 Å². The molecule has 1 atom stereocenters. The number of phenolic OH excluding ortho intramolecular Hbond substituents is 1. The van der Waals surface area contributed by atoms with Gasteiger partial charge in [-0.1, -0.05) is 48.5 Å². The van der Waals surface area contributed by atoms with Crippen molar-refractivity contribution in [1.82, 2.24) is 0 Å². The van der Waals surface area contributed by atoms with Crippen molar-refractivity contribution in [2.24, 2.45) is 0 Å². The normalized spacial score (nSPS) is 16.8. The van der Waals surface area contributed by atoms with Crippen molar-refractivity contribution < 1.29 is 19.4 Å². The monoisotopic (exact) mass is 513 g/mol. The Bertz CT molecular complexity index is 1790. The van der Waals surface area contributed by atoms with E-state index in [1.165, 1.54) is 0 Å². The fraction of sp³-hybridized carbons (Fsp3) is 0.147. The number of rotatable bonds is 4. The molecule has 2 heterocycles. The highest BCUT2D eigenvalue weighted by Crippen LogP contribution is 2.58. The van der Waals surface area contributed by atoms with E-state index in [2.05, 4.69) is 43.0 Å². The first-order valence-corrected chi connectivity index (χ1v) is 13.3. The Morgan fingerprint density at radius 3 is 2.41 bits per heavy atom. The van der Waals surface area contributed by atoms with Gasteiger partial charge in [0.15, 0.2) is 5.60 Å². The van der Waals surface area contributed by atoms with Crippen LogP contribution in [-0.2, 0) is 10.3 Å². The second kappa shape index (κ2) is 8.63. The molecule has 0 saturated heterocycles. The minimum atomic E-state index is -1.13. The standard InChI is InChI=1S/C34H27NO4/c1-3-35(4-2)24-14-16-29-31(20-24)38-30-17-13-23-18-22(21-8-7-9-25(36)19-21)12-15-26(23)32(30)34(29)28-11-6-5-10-27(28)33(37)39-34/h5-20,36H,3-4H2,1-2H3/t34-/m1/s1. The molecule has 192 valence electrons. The van der Waals surface area contributed by atoms with E-state index in [-0.39, 0.29) is 11.7 Å². The maximum absolute atomic E-state index is 13.3. The van der Waals surface area contributed by atoms with E-state index in [0.29, 0.717) is 17.1 Å². The van der Waals surface area contributed by atoms with Gasteiger partial charge in [0, 0.05) is 36.0 Å². The van der Waals surface area contributed by atoms with E-state index in [1.807, 2.05) is 60.7 Å². The second-order valence-corrected chi connectivity index (χ2v) is 10.00. The highest BCUT2D eigenvalue weighted by atomic mass is 16.6. The molecule has 0 aliphatic carbocycles. The lowest BCUT2D eigenvalue weighted by molar-refractivity contribution is 0.0229. The number of ether oxygens (including phenoxy) is 2. The smallest absolute Gasteiger partial charge is 0.340 e. The minimum Gasteiger partial charge on any atom is -0.508 e. The Kier molecular flexibility index (Phi) is 5.17. The number of carbonyl (C=O) groups is 1. The Morgan fingerprint density at radius 2 is 1.59 bits per heavy atom. The number of hydrogen-bond acceptors (Lipinski definition) is 5. The molecule has 0 unspecified atom stereocenters. The number of esters is 1. The lowest BCUT2D eigenvalue weighted by Gasteiger charge is -2.38. The van der Waals surface area contributed by atoms with E-state index in [9.17, 15) is 9.90 Å². The van der Waals surface area contributed by atoms with Crippen molar-refractivity contribution in [2.45, 2.75) is 19.4 Å². The molecule has 0 aromatic heterocycles. The van der Waals surface area contributed by atoms with E-state index in [1.54, 1.807) is 12.1 Å². The molecule has 0 amide bonds. The van der Waals surface area contributed by atoms with Crippen molar-refractivity contribution in [2.75, 3.05) is 18.0 Å². The number of anilines is 1. The van der Waals surface area contributed by atoms with Gasteiger partial charge in [-0.05, 0) is 78.2 Å². The quantitative estimate of drug-likeness (QED) is 0.251. The summed E-state index contributed by atoms with van der Waals surface area (Å²) in [6.45, 7) is 6.02. The van der Waals surface area contributed by atoms with Crippen LogP contribution in [0.2, 0.25) is 0 Å². The molecule has 5 nitrogen and oxygen atoms in total. The van der Waals surface area contributed by atoms with Crippen LogP contribution in [0.15, 0.2) is 97.1 Å². The van der Waals surface area contributed by atoms with Gasteiger partial charge in [0.05, 0.1) is 11.1 Å². The number of carbonyl (C=O) groups excluding carboxylic acids is 1. The summed E-state index contributed by atoms with van der Waals surface area (Å²) in [6.07, 6.45) is 0. The third kappa shape index (κ3) is 3.36. The highest BCUT2D eigenvalue weighted by molar-refractivity contribution is 6.00. The van der Waals surface area contributed by atoms with Gasteiger partial charge in [0.2, 0.25) is 0 Å². The molecule has 0 saturated carbocycles. The van der Waals surface area contributed by atoms with Crippen molar-refractivity contribution in [1.29, 1.82) is 0 Å². The molecule has 1 N–H and O–H groups in total. The van der Waals surface area contributed by atoms with Gasteiger partial charge in [0.1, 0.15) is 17.2 Å². The Morgan fingerprint density at radius 1 is 0.769 bits per heavy atom. The van der Waals surface area contributed by atoms with Crippen LogP contribution in [0.3, 0.4) is 0 Å². The molecular formula is C34H27NO4. The minimum absolute atomic E-state index is 0.223. The van der Waals surface area contributed by atoms with Gasteiger partial charge in [-0.3, -0.25) is 0 Å². The molecule has 2 aliphatic heterocycles. The predicted molar refractivity (Wildman–Crippen MR) is 153 cm³/mol. The summed E-state index contributed by atoms with van der Waals surface area (Å²) in [6, 6.07) is 31.2. The Labute approximate surface area is 226 Å². The van der Waals surface area contributed by atoms with E-state index in [0.717, 1.165) is 57.4 Å². The molecule has 0 radical (unpaired) electrons. The zero-order chi connectivity index (χ0) is 26.7. The van der Waals surface area contributed by atoms with Gasteiger partial charge in [-0.2, -0.15) is 0 Å². The fourth-order valence-electron chi connectivity index (χ4n) is 6.15. The third-order valence-corrected chi connectivity index (χ3v) is 7.98. The number of hydrogen-bond donors (Lipinski definition) is 1. The zero-order valence-electron chi connectivity index (χ0n) is 21.8.